The van der Waals surface area contributed by atoms with Gasteiger partial charge in [-0.15, -0.1) is 0 Å². The second-order valence-corrected chi connectivity index (χ2v) is 6.98. The first-order valence-corrected chi connectivity index (χ1v) is 9.45. The van der Waals surface area contributed by atoms with Crippen molar-refractivity contribution < 1.29 is 13.6 Å². The molecule has 4 aromatic rings. The van der Waals surface area contributed by atoms with Crippen LogP contribution in [-0.4, -0.2) is 37.7 Å². The van der Waals surface area contributed by atoms with Crippen molar-refractivity contribution in [3.63, 3.8) is 0 Å². The minimum Gasteiger partial charge on any atom is -0.358 e. The summed E-state index contributed by atoms with van der Waals surface area (Å²) in [6.07, 6.45) is 4.09. The van der Waals surface area contributed by atoms with E-state index in [2.05, 4.69) is 30.7 Å². The fraction of sp³-hybridized carbons (Fsp3) is 0.190. The maximum absolute atomic E-state index is 14.8. The van der Waals surface area contributed by atoms with E-state index in [1.807, 2.05) is 0 Å². The third-order valence-corrected chi connectivity index (χ3v) is 4.78. The number of nitrogens with one attached hydrogen (secondary N) is 2. The predicted octanol–water partition coefficient (Wildman–Crippen LogP) is 3.27. The Balaban J connectivity index is 1.81. The lowest BCUT2D eigenvalue weighted by Gasteiger charge is -2.14. The van der Waals surface area contributed by atoms with Gasteiger partial charge in [-0.25, -0.2) is 18.7 Å². The molecule has 0 spiro atoms. The molecule has 4 rings (SSSR count). The average Bonchev–Trinajstić information content (AvgIpc) is 3.16. The van der Waals surface area contributed by atoms with Gasteiger partial charge in [0.15, 0.2) is 11.6 Å². The van der Waals surface area contributed by atoms with Crippen molar-refractivity contribution in [3.05, 3.63) is 59.7 Å². The molecule has 0 bridgehead atoms. The van der Waals surface area contributed by atoms with E-state index < -0.39 is 11.6 Å². The summed E-state index contributed by atoms with van der Waals surface area (Å²) in [5, 5.41) is 9.71. The number of carbonyl (C=O) groups is 1. The molecule has 1 amide bonds. The van der Waals surface area contributed by atoms with Crippen molar-refractivity contribution in [2.45, 2.75) is 20.4 Å². The molecule has 31 heavy (non-hydrogen) atoms. The lowest BCUT2D eigenvalue weighted by molar-refractivity contribution is -0.121. The van der Waals surface area contributed by atoms with Gasteiger partial charge in [-0.3, -0.25) is 14.5 Å². The molecule has 158 valence electrons. The summed E-state index contributed by atoms with van der Waals surface area (Å²) in [4.78, 5) is 24.4. The topological polar surface area (TPSA) is 97.6 Å². The minimum absolute atomic E-state index is 0.0984. The Morgan fingerprint density at radius 3 is 2.68 bits per heavy atom. The Hall–Kier alpha value is -3.95. The standard InChI is InChI=1S/C21H19F2N7O/c1-11-7-25-16(19-13(22)5-4-12(2)28-19)6-15(11)29-20-14(23)8-26-17-9-27-30(21(17)20)10-18(31)24-3/h4-9H,10H2,1-3H3,(H,24,31)(H,25,26,29). The Morgan fingerprint density at radius 2 is 1.90 bits per heavy atom. The summed E-state index contributed by atoms with van der Waals surface area (Å²) in [7, 11) is 1.51. The van der Waals surface area contributed by atoms with Crippen LogP contribution in [0.5, 0.6) is 0 Å². The van der Waals surface area contributed by atoms with Crippen LogP contribution in [0, 0.1) is 25.5 Å². The molecule has 2 N–H and O–H groups in total. The van der Waals surface area contributed by atoms with Gasteiger partial charge in [-0.05, 0) is 37.6 Å². The van der Waals surface area contributed by atoms with Gasteiger partial charge in [0.05, 0.1) is 18.1 Å². The Labute approximate surface area is 176 Å². The summed E-state index contributed by atoms with van der Waals surface area (Å²) >= 11 is 0. The fourth-order valence-electron chi connectivity index (χ4n) is 3.13. The van der Waals surface area contributed by atoms with E-state index in [0.717, 1.165) is 6.20 Å². The van der Waals surface area contributed by atoms with E-state index >= 15 is 0 Å². The highest BCUT2D eigenvalue weighted by Crippen LogP contribution is 2.31. The number of amides is 1. The normalized spacial score (nSPS) is 11.0. The van der Waals surface area contributed by atoms with Crippen LogP contribution in [0.2, 0.25) is 0 Å². The summed E-state index contributed by atoms with van der Waals surface area (Å²) < 4.78 is 30.5. The number of likely N-dealkylation sites (N-methyl/N-ethyl adjacent to an activating group) is 1. The third kappa shape index (κ3) is 3.91. The van der Waals surface area contributed by atoms with Gasteiger partial charge >= 0.3 is 0 Å². The number of pyridine rings is 3. The van der Waals surface area contributed by atoms with Crippen LogP contribution in [0.3, 0.4) is 0 Å². The highest BCUT2D eigenvalue weighted by Gasteiger charge is 2.18. The second kappa shape index (κ2) is 8.05. The number of aromatic nitrogens is 5. The third-order valence-electron chi connectivity index (χ3n) is 4.78. The zero-order chi connectivity index (χ0) is 22.1. The zero-order valence-electron chi connectivity index (χ0n) is 17.1. The smallest absolute Gasteiger partial charge is 0.241 e. The molecule has 4 heterocycles. The largest absolute Gasteiger partial charge is 0.358 e. The first-order valence-electron chi connectivity index (χ1n) is 9.45. The number of hydrogen-bond acceptors (Lipinski definition) is 6. The number of aryl methyl sites for hydroxylation is 2. The van der Waals surface area contributed by atoms with Crippen LogP contribution in [0.4, 0.5) is 20.2 Å². The van der Waals surface area contributed by atoms with Crippen LogP contribution in [0.25, 0.3) is 22.4 Å². The van der Waals surface area contributed by atoms with E-state index in [1.165, 1.54) is 24.0 Å². The van der Waals surface area contributed by atoms with E-state index in [-0.39, 0.29) is 23.8 Å². The van der Waals surface area contributed by atoms with Gasteiger partial charge in [0.2, 0.25) is 5.91 Å². The van der Waals surface area contributed by atoms with Gasteiger partial charge in [0.25, 0.3) is 0 Å². The molecule has 0 unspecified atom stereocenters. The van der Waals surface area contributed by atoms with Crippen molar-refractivity contribution in [1.82, 2.24) is 30.0 Å². The molecular formula is C21H19F2N7O. The molecule has 0 aromatic carbocycles. The predicted molar refractivity (Wildman–Crippen MR) is 112 cm³/mol. The molecule has 0 saturated carbocycles. The molecular weight excluding hydrogens is 404 g/mol. The highest BCUT2D eigenvalue weighted by atomic mass is 19.1. The number of hydrogen-bond donors (Lipinski definition) is 2. The van der Waals surface area contributed by atoms with E-state index in [9.17, 15) is 13.6 Å². The van der Waals surface area contributed by atoms with Crippen LogP contribution >= 0.6 is 0 Å². The highest BCUT2D eigenvalue weighted by molar-refractivity contribution is 5.91. The molecule has 10 heteroatoms. The quantitative estimate of drug-likeness (QED) is 0.511. The van der Waals surface area contributed by atoms with Gasteiger partial charge in [-0.1, -0.05) is 0 Å². The van der Waals surface area contributed by atoms with Crippen LogP contribution in [0.1, 0.15) is 11.3 Å². The maximum atomic E-state index is 14.8. The molecule has 0 radical (unpaired) electrons. The summed E-state index contributed by atoms with van der Waals surface area (Å²) in [6.45, 7) is 3.45. The van der Waals surface area contributed by atoms with Crippen molar-refractivity contribution in [3.8, 4) is 11.4 Å². The number of halogens is 2. The summed E-state index contributed by atoms with van der Waals surface area (Å²) in [6, 6.07) is 4.50. The monoisotopic (exact) mass is 423 g/mol. The molecule has 0 fully saturated rings. The zero-order valence-corrected chi connectivity index (χ0v) is 17.1. The first kappa shape index (κ1) is 20.3. The fourth-order valence-corrected chi connectivity index (χ4v) is 3.13. The number of anilines is 2. The van der Waals surface area contributed by atoms with Crippen molar-refractivity contribution in [2.24, 2.45) is 0 Å². The van der Waals surface area contributed by atoms with Gasteiger partial charge in [0, 0.05) is 24.6 Å². The van der Waals surface area contributed by atoms with Crippen LogP contribution in [-0.2, 0) is 11.3 Å². The lowest BCUT2D eigenvalue weighted by atomic mass is 10.1. The number of fused-ring (bicyclic) bond motifs is 1. The first-order chi connectivity index (χ1) is 14.9. The summed E-state index contributed by atoms with van der Waals surface area (Å²) in [5.41, 5.74) is 3.13. The molecule has 8 nitrogen and oxygen atoms in total. The Morgan fingerprint density at radius 1 is 1.10 bits per heavy atom. The van der Waals surface area contributed by atoms with E-state index in [1.54, 1.807) is 32.2 Å². The van der Waals surface area contributed by atoms with E-state index in [0.29, 0.717) is 33.7 Å². The van der Waals surface area contributed by atoms with Crippen molar-refractivity contribution in [2.75, 3.05) is 12.4 Å². The Bertz CT molecular complexity index is 1300. The molecule has 0 aliphatic carbocycles. The SMILES string of the molecule is CNC(=O)Cn1ncc2ncc(F)c(Nc3cc(-c4nc(C)ccc4F)ncc3C)c21. The lowest BCUT2D eigenvalue weighted by Crippen LogP contribution is -2.24. The second-order valence-electron chi connectivity index (χ2n) is 6.98. The molecule has 4 aromatic heterocycles. The molecule has 0 saturated heterocycles. The van der Waals surface area contributed by atoms with Crippen LogP contribution in [0.15, 0.2) is 36.8 Å². The number of carbonyl (C=O) groups excluding carboxylic acids is 1. The maximum Gasteiger partial charge on any atom is 0.241 e. The number of nitrogens with zero attached hydrogens (tertiary/aromatic N) is 5. The number of rotatable bonds is 5. The van der Waals surface area contributed by atoms with E-state index in [4.69, 9.17) is 0 Å². The van der Waals surface area contributed by atoms with Gasteiger partial charge < -0.3 is 10.6 Å². The van der Waals surface area contributed by atoms with Crippen molar-refractivity contribution >= 4 is 28.3 Å². The molecule has 0 atom stereocenters. The Kier molecular flexibility index (Phi) is 5.28. The van der Waals surface area contributed by atoms with Crippen LogP contribution < -0.4 is 10.6 Å². The minimum atomic E-state index is -0.622. The molecule has 0 aliphatic heterocycles. The molecule has 0 aliphatic rings. The van der Waals surface area contributed by atoms with Gasteiger partial charge in [-0.2, -0.15) is 5.10 Å². The van der Waals surface area contributed by atoms with Gasteiger partial charge in [0.1, 0.15) is 29.0 Å². The van der Waals surface area contributed by atoms with Crippen molar-refractivity contribution in [1.29, 1.82) is 0 Å². The average molecular weight is 423 g/mol. The summed E-state index contributed by atoms with van der Waals surface area (Å²) in [5.74, 6) is -1.42.